The van der Waals surface area contributed by atoms with Crippen molar-refractivity contribution in [1.82, 2.24) is 4.90 Å². The molecule has 1 saturated carbocycles. The predicted molar refractivity (Wildman–Crippen MR) is 96.8 cm³/mol. The molecule has 5 nitrogen and oxygen atoms in total. The third-order valence-electron chi connectivity index (χ3n) is 7.94. The average Bonchev–Trinajstić information content (AvgIpc) is 3.17. The van der Waals surface area contributed by atoms with Gasteiger partial charge in [0.15, 0.2) is 0 Å². The molecule has 4 aliphatic heterocycles. The molecule has 6 atom stereocenters. The molecule has 1 aromatic rings. The van der Waals surface area contributed by atoms with Crippen LogP contribution in [0.25, 0.3) is 0 Å². The molecule has 5 aliphatic rings. The molecule has 1 spiro atoms. The number of amides is 1. The van der Waals surface area contributed by atoms with Crippen LogP contribution < -0.4 is 4.90 Å². The van der Waals surface area contributed by atoms with Gasteiger partial charge in [-0.1, -0.05) is 29.8 Å². The number of anilines is 1. The molecule has 1 aromatic carbocycles. The van der Waals surface area contributed by atoms with Gasteiger partial charge in [-0.05, 0) is 36.9 Å². The molecule has 6 rings (SSSR count). The van der Waals surface area contributed by atoms with Crippen molar-refractivity contribution in [3.8, 4) is 0 Å². The number of aliphatic hydroxyl groups is 2. The zero-order valence-electron chi connectivity index (χ0n) is 14.7. The fraction of sp³-hybridized carbons (Fsp3) is 0.571. The Hall–Kier alpha value is -1.69. The Bertz CT molecular complexity index is 836. The highest BCUT2D eigenvalue weighted by Crippen LogP contribution is 2.64. The molecule has 136 valence electrons. The van der Waals surface area contributed by atoms with Crippen molar-refractivity contribution in [3.05, 3.63) is 41.5 Å². The molecule has 4 heterocycles. The van der Waals surface area contributed by atoms with E-state index >= 15 is 0 Å². The Morgan fingerprint density at radius 2 is 2.15 bits per heavy atom. The summed E-state index contributed by atoms with van der Waals surface area (Å²) in [6.45, 7) is 1.96. The van der Waals surface area contributed by atoms with E-state index in [-0.39, 0.29) is 42.2 Å². The van der Waals surface area contributed by atoms with Gasteiger partial charge in [-0.15, -0.1) is 0 Å². The van der Waals surface area contributed by atoms with Crippen LogP contribution in [0.5, 0.6) is 0 Å². The number of fused-ring (bicyclic) bond motifs is 4. The van der Waals surface area contributed by atoms with Gasteiger partial charge in [-0.2, -0.15) is 0 Å². The standard InChI is InChI=1S/C21H24N2O3/c24-8-5-12-11-22-7-6-21-14-3-1-2-4-15(14)23-18(26)10-16(25)19(20(21)23)13(12)9-17(21)22/h1-5,13,16-17,19-20,24-25H,6-11H2/b12-5+/t13-,16+,17-,19-,20-,21+/m0/s1. The van der Waals surface area contributed by atoms with Gasteiger partial charge in [0.2, 0.25) is 5.91 Å². The first-order valence-corrected chi connectivity index (χ1v) is 9.80. The van der Waals surface area contributed by atoms with Crippen LogP contribution in [0.4, 0.5) is 5.69 Å². The Balaban J connectivity index is 1.61. The molecule has 4 fully saturated rings. The van der Waals surface area contributed by atoms with Crippen molar-refractivity contribution in [1.29, 1.82) is 0 Å². The number of rotatable bonds is 1. The lowest BCUT2D eigenvalue weighted by atomic mass is 9.53. The van der Waals surface area contributed by atoms with Gasteiger partial charge in [-0.25, -0.2) is 0 Å². The Morgan fingerprint density at radius 3 is 3.00 bits per heavy atom. The molecule has 3 saturated heterocycles. The Kier molecular flexibility index (Phi) is 2.94. The van der Waals surface area contributed by atoms with Crippen LogP contribution in [0.2, 0.25) is 0 Å². The first kappa shape index (κ1) is 15.4. The van der Waals surface area contributed by atoms with Gasteiger partial charge in [0.25, 0.3) is 0 Å². The second-order valence-electron chi connectivity index (χ2n) is 8.65. The molecule has 1 aliphatic carbocycles. The number of hydrogen-bond donors (Lipinski definition) is 2. The first-order chi connectivity index (χ1) is 12.7. The van der Waals surface area contributed by atoms with Gasteiger partial charge >= 0.3 is 0 Å². The van der Waals surface area contributed by atoms with Crippen LogP contribution in [0.3, 0.4) is 0 Å². The highest BCUT2D eigenvalue weighted by Gasteiger charge is 2.70. The minimum atomic E-state index is -0.588. The summed E-state index contributed by atoms with van der Waals surface area (Å²) in [5, 5.41) is 20.5. The zero-order valence-corrected chi connectivity index (χ0v) is 14.7. The number of carbonyl (C=O) groups is 1. The van der Waals surface area contributed by atoms with Crippen LogP contribution in [0.15, 0.2) is 35.9 Å². The van der Waals surface area contributed by atoms with E-state index in [0.717, 1.165) is 31.6 Å². The molecule has 1 amide bonds. The smallest absolute Gasteiger partial charge is 0.229 e. The van der Waals surface area contributed by atoms with Gasteiger partial charge < -0.3 is 15.1 Å². The summed E-state index contributed by atoms with van der Waals surface area (Å²) in [6, 6.07) is 8.90. The third-order valence-corrected chi connectivity index (χ3v) is 7.94. The summed E-state index contributed by atoms with van der Waals surface area (Å²) in [5.41, 5.74) is 3.60. The molecular formula is C21H24N2O3. The highest BCUT2D eigenvalue weighted by molar-refractivity contribution is 5.99. The maximum absolute atomic E-state index is 13.0. The van der Waals surface area contributed by atoms with E-state index in [9.17, 15) is 15.0 Å². The van der Waals surface area contributed by atoms with Crippen molar-refractivity contribution in [2.24, 2.45) is 11.8 Å². The lowest BCUT2D eigenvalue weighted by Crippen LogP contribution is -2.69. The van der Waals surface area contributed by atoms with E-state index in [0.29, 0.717) is 6.04 Å². The van der Waals surface area contributed by atoms with Crippen LogP contribution in [-0.2, 0) is 10.2 Å². The normalized spacial score (nSPS) is 44.4. The second kappa shape index (κ2) is 4.97. The van der Waals surface area contributed by atoms with E-state index in [2.05, 4.69) is 23.1 Å². The van der Waals surface area contributed by atoms with Gasteiger partial charge in [0, 0.05) is 29.6 Å². The van der Waals surface area contributed by atoms with E-state index in [1.54, 1.807) is 0 Å². The first-order valence-electron chi connectivity index (χ1n) is 9.80. The number of carbonyl (C=O) groups excluding carboxylic acids is 1. The van der Waals surface area contributed by atoms with Crippen molar-refractivity contribution < 1.29 is 15.0 Å². The summed E-state index contributed by atoms with van der Waals surface area (Å²) < 4.78 is 0. The quantitative estimate of drug-likeness (QED) is 0.742. The van der Waals surface area contributed by atoms with E-state index < -0.39 is 6.10 Å². The summed E-state index contributed by atoms with van der Waals surface area (Å²) in [7, 11) is 0. The van der Waals surface area contributed by atoms with Crippen molar-refractivity contribution >= 4 is 11.6 Å². The number of piperidine rings is 2. The summed E-state index contributed by atoms with van der Waals surface area (Å²) in [5.74, 6) is 0.392. The molecule has 5 heteroatoms. The number of aliphatic hydroxyl groups excluding tert-OH is 2. The van der Waals surface area contributed by atoms with E-state index in [1.807, 2.05) is 17.0 Å². The van der Waals surface area contributed by atoms with Gasteiger partial charge in [-0.3, -0.25) is 9.69 Å². The molecule has 0 aromatic heterocycles. The monoisotopic (exact) mass is 352 g/mol. The number of nitrogens with zero attached hydrogens (tertiary/aromatic N) is 2. The highest BCUT2D eigenvalue weighted by atomic mass is 16.3. The van der Waals surface area contributed by atoms with E-state index in [1.165, 1.54) is 11.1 Å². The Labute approximate surface area is 152 Å². The van der Waals surface area contributed by atoms with Crippen LogP contribution in [-0.4, -0.2) is 58.9 Å². The average molecular weight is 352 g/mol. The molecule has 2 N–H and O–H groups in total. The zero-order chi connectivity index (χ0) is 17.6. The lowest BCUT2D eigenvalue weighted by Gasteiger charge is -2.58. The van der Waals surface area contributed by atoms with Crippen LogP contribution in [0.1, 0.15) is 24.8 Å². The topological polar surface area (TPSA) is 64.0 Å². The van der Waals surface area contributed by atoms with Gasteiger partial charge in [0.1, 0.15) is 0 Å². The fourth-order valence-corrected chi connectivity index (χ4v) is 7.20. The number of benzene rings is 1. The maximum Gasteiger partial charge on any atom is 0.229 e. The minimum Gasteiger partial charge on any atom is -0.392 e. The molecular weight excluding hydrogens is 328 g/mol. The van der Waals surface area contributed by atoms with E-state index in [4.69, 9.17) is 0 Å². The predicted octanol–water partition coefficient (Wildman–Crippen LogP) is 1.05. The fourth-order valence-electron chi connectivity index (χ4n) is 7.20. The minimum absolute atomic E-state index is 0.0421. The largest absolute Gasteiger partial charge is 0.392 e. The Morgan fingerprint density at radius 1 is 1.31 bits per heavy atom. The van der Waals surface area contributed by atoms with Crippen LogP contribution >= 0.6 is 0 Å². The van der Waals surface area contributed by atoms with Crippen molar-refractivity contribution in [3.63, 3.8) is 0 Å². The maximum atomic E-state index is 13.0. The molecule has 26 heavy (non-hydrogen) atoms. The number of para-hydroxylation sites is 1. The van der Waals surface area contributed by atoms with Crippen molar-refractivity contribution in [2.75, 3.05) is 24.6 Å². The summed E-state index contributed by atoms with van der Waals surface area (Å²) in [4.78, 5) is 17.6. The number of hydrogen-bond acceptors (Lipinski definition) is 4. The van der Waals surface area contributed by atoms with Gasteiger partial charge in [0.05, 0.1) is 25.2 Å². The molecule has 0 unspecified atom stereocenters. The molecule has 0 radical (unpaired) electrons. The molecule has 2 bridgehead atoms. The third kappa shape index (κ3) is 1.57. The SMILES string of the molecule is O=C1C[C@@H](O)[C@H]2[C@@H]3N1c1ccccc1[C@@]31CCN3C/C(=C\CO)[C@@H]2C[C@H]31. The lowest BCUT2D eigenvalue weighted by molar-refractivity contribution is -0.129. The second-order valence-corrected chi connectivity index (χ2v) is 8.65. The summed E-state index contributed by atoms with van der Waals surface area (Å²) >= 11 is 0. The van der Waals surface area contributed by atoms with Crippen molar-refractivity contribution in [2.45, 2.75) is 42.9 Å². The summed E-state index contributed by atoms with van der Waals surface area (Å²) in [6.07, 6.45) is 3.64. The van der Waals surface area contributed by atoms with Crippen LogP contribution in [0, 0.1) is 11.8 Å².